The second kappa shape index (κ2) is 8.29. The van der Waals surface area contributed by atoms with E-state index in [1.165, 1.54) is 0 Å². The van der Waals surface area contributed by atoms with Gasteiger partial charge >= 0.3 is 0 Å². The van der Waals surface area contributed by atoms with Crippen LogP contribution in [-0.4, -0.2) is 28.5 Å². The minimum absolute atomic E-state index is 0.286. The molecule has 138 valence electrons. The Morgan fingerprint density at radius 2 is 1.93 bits per heavy atom. The van der Waals surface area contributed by atoms with E-state index >= 15 is 0 Å². The molecule has 3 amide bonds. The summed E-state index contributed by atoms with van der Waals surface area (Å²) < 4.78 is 0.917. The van der Waals surface area contributed by atoms with E-state index in [0.717, 1.165) is 32.3 Å². The number of thioether (sulfide) groups is 1. The number of halogens is 2. The molecule has 0 bridgehead atoms. The van der Waals surface area contributed by atoms with E-state index in [2.05, 4.69) is 21.2 Å². The lowest BCUT2D eigenvalue weighted by molar-refractivity contribution is -0.127. The van der Waals surface area contributed by atoms with Gasteiger partial charge in [0.1, 0.15) is 6.54 Å². The topological polar surface area (TPSA) is 66.5 Å². The van der Waals surface area contributed by atoms with E-state index in [1.54, 1.807) is 24.3 Å². The van der Waals surface area contributed by atoms with Crippen LogP contribution in [0.5, 0.6) is 0 Å². The summed E-state index contributed by atoms with van der Waals surface area (Å²) in [6, 6.07) is 12.4. The van der Waals surface area contributed by atoms with Crippen LogP contribution in [0.25, 0.3) is 6.08 Å². The van der Waals surface area contributed by atoms with Gasteiger partial charge in [-0.3, -0.25) is 19.3 Å². The Morgan fingerprint density at radius 1 is 1.22 bits per heavy atom. The predicted octanol–water partition coefficient (Wildman–Crippen LogP) is 5.09. The van der Waals surface area contributed by atoms with Crippen LogP contribution in [0.2, 0.25) is 5.02 Å². The van der Waals surface area contributed by atoms with Crippen molar-refractivity contribution in [2.45, 2.75) is 6.92 Å². The van der Waals surface area contributed by atoms with Gasteiger partial charge in [0.15, 0.2) is 0 Å². The van der Waals surface area contributed by atoms with Crippen LogP contribution in [0.3, 0.4) is 0 Å². The van der Waals surface area contributed by atoms with Gasteiger partial charge in [0.25, 0.3) is 11.1 Å². The SMILES string of the molecule is Cc1ccc(NC(=O)CN2C(=O)S/C(=C/c3ccc(Br)cc3)C2=O)cc1Cl. The molecule has 1 N–H and O–H groups in total. The van der Waals surface area contributed by atoms with Gasteiger partial charge < -0.3 is 5.32 Å². The molecule has 3 rings (SSSR count). The number of imide groups is 1. The van der Waals surface area contributed by atoms with Crippen LogP contribution in [-0.2, 0) is 9.59 Å². The Bertz CT molecular complexity index is 960. The van der Waals surface area contributed by atoms with Crippen molar-refractivity contribution in [2.75, 3.05) is 11.9 Å². The second-order valence-corrected chi connectivity index (χ2v) is 8.15. The number of aryl methyl sites for hydroxylation is 1. The number of benzene rings is 2. The number of carbonyl (C=O) groups is 3. The molecule has 27 heavy (non-hydrogen) atoms. The summed E-state index contributed by atoms with van der Waals surface area (Å²) in [5.74, 6) is -0.952. The van der Waals surface area contributed by atoms with Gasteiger partial charge in [-0.15, -0.1) is 0 Å². The summed E-state index contributed by atoms with van der Waals surface area (Å²) in [7, 11) is 0. The molecule has 0 radical (unpaired) electrons. The van der Waals surface area contributed by atoms with Crippen molar-refractivity contribution in [3.05, 3.63) is 68.0 Å². The fourth-order valence-corrected chi connectivity index (χ4v) is 3.64. The number of amides is 3. The Hall–Kier alpha value is -2.09. The molecule has 0 spiro atoms. The van der Waals surface area contributed by atoms with E-state index < -0.39 is 17.1 Å². The largest absolute Gasteiger partial charge is 0.324 e. The molecule has 0 saturated carbocycles. The van der Waals surface area contributed by atoms with E-state index in [1.807, 2.05) is 31.2 Å². The highest BCUT2D eigenvalue weighted by molar-refractivity contribution is 9.10. The molecule has 8 heteroatoms. The lowest BCUT2D eigenvalue weighted by Gasteiger charge is -2.13. The number of hydrogen-bond acceptors (Lipinski definition) is 4. The lowest BCUT2D eigenvalue weighted by Crippen LogP contribution is -2.36. The van der Waals surface area contributed by atoms with Crippen molar-refractivity contribution >= 4 is 68.1 Å². The fourth-order valence-electron chi connectivity index (χ4n) is 2.36. The van der Waals surface area contributed by atoms with E-state index in [9.17, 15) is 14.4 Å². The minimum Gasteiger partial charge on any atom is -0.324 e. The summed E-state index contributed by atoms with van der Waals surface area (Å²) in [6.45, 7) is 1.50. The van der Waals surface area contributed by atoms with Gasteiger partial charge in [-0.2, -0.15) is 0 Å². The average Bonchev–Trinajstić information content (AvgIpc) is 2.87. The summed E-state index contributed by atoms with van der Waals surface area (Å²) in [4.78, 5) is 38.1. The molecule has 1 heterocycles. The normalized spacial score (nSPS) is 15.5. The zero-order chi connectivity index (χ0) is 19.6. The van der Waals surface area contributed by atoms with Gasteiger partial charge in [0.05, 0.1) is 4.91 Å². The zero-order valence-electron chi connectivity index (χ0n) is 14.2. The van der Waals surface area contributed by atoms with Crippen molar-refractivity contribution in [1.82, 2.24) is 4.90 Å². The molecular weight excluding hydrogens is 452 g/mol. The maximum absolute atomic E-state index is 12.5. The first-order chi connectivity index (χ1) is 12.8. The summed E-state index contributed by atoms with van der Waals surface area (Å²) >= 11 is 10.2. The van der Waals surface area contributed by atoms with Crippen LogP contribution in [0.4, 0.5) is 10.5 Å². The minimum atomic E-state index is -0.481. The smallest absolute Gasteiger partial charge is 0.294 e. The van der Waals surface area contributed by atoms with E-state index in [0.29, 0.717) is 10.7 Å². The highest BCUT2D eigenvalue weighted by Crippen LogP contribution is 2.32. The van der Waals surface area contributed by atoms with Gasteiger partial charge in [-0.1, -0.05) is 45.7 Å². The monoisotopic (exact) mass is 464 g/mol. The van der Waals surface area contributed by atoms with Gasteiger partial charge in [0.2, 0.25) is 5.91 Å². The molecular formula is C19H14BrClN2O3S. The molecule has 0 aromatic heterocycles. The third kappa shape index (κ3) is 4.80. The number of rotatable bonds is 4. The molecule has 0 aliphatic carbocycles. The molecule has 1 aliphatic heterocycles. The number of carbonyl (C=O) groups excluding carboxylic acids is 3. The Balaban J connectivity index is 1.68. The van der Waals surface area contributed by atoms with Crippen molar-refractivity contribution in [2.24, 2.45) is 0 Å². The molecule has 1 aliphatic rings. The van der Waals surface area contributed by atoms with E-state index in [-0.39, 0.29) is 11.4 Å². The number of nitrogens with zero attached hydrogens (tertiary/aromatic N) is 1. The van der Waals surface area contributed by atoms with Crippen LogP contribution in [0.1, 0.15) is 11.1 Å². The number of hydrogen-bond donors (Lipinski definition) is 1. The fraction of sp³-hybridized carbons (Fsp3) is 0.105. The van der Waals surface area contributed by atoms with Crippen molar-refractivity contribution in [1.29, 1.82) is 0 Å². The summed E-state index contributed by atoms with van der Waals surface area (Å²) in [5, 5.41) is 2.70. The second-order valence-electron chi connectivity index (χ2n) is 5.83. The van der Waals surface area contributed by atoms with Crippen molar-refractivity contribution < 1.29 is 14.4 Å². The maximum atomic E-state index is 12.5. The van der Waals surface area contributed by atoms with Crippen molar-refractivity contribution in [3.8, 4) is 0 Å². The molecule has 2 aromatic rings. The molecule has 0 unspecified atom stereocenters. The van der Waals surface area contributed by atoms with E-state index in [4.69, 9.17) is 11.6 Å². The van der Waals surface area contributed by atoms with Gasteiger partial charge in [0, 0.05) is 15.2 Å². The zero-order valence-corrected chi connectivity index (χ0v) is 17.3. The van der Waals surface area contributed by atoms with Gasteiger partial charge in [-0.05, 0) is 60.2 Å². The number of nitrogens with one attached hydrogen (secondary N) is 1. The molecule has 2 aromatic carbocycles. The maximum Gasteiger partial charge on any atom is 0.294 e. The third-order valence-corrected chi connectivity index (χ3v) is 5.64. The van der Waals surface area contributed by atoms with Crippen LogP contribution < -0.4 is 5.32 Å². The first-order valence-corrected chi connectivity index (χ1v) is 9.89. The Morgan fingerprint density at radius 3 is 2.59 bits per heavy atom. The third-order valence-electron chi connectivity index (χ3n) is 3.80. The Labute approximate surface area is 173 Å². The summed E-state index contributed by atoms with van der Waals surface area (Å²) in [5.41, 5.74) is 2.19. The summed E-state index contributed by atoms with van der Waals surface area (Å²) in [6.07, 6.45) is 1.63. The molecule has 1 saturated heterocycles. The first kappa shape index (κ1) is 19.7. The lowest BCUT2D eigenvalue weighted by atomic mass is 10.2. The van der Waals surface area contributed by atoms with Crippen LogP contribution in [0.15, 0.2) is 51.8 Å². The highest BCUT2D eigenvalue weighted by atomic mass is 79.9. The highest BCUT2D eigenvalue weighted by Gasteiger charge is 2.36. The molecule has 1 fully saturated rings. The number of anilines is 1. The predicted molar refractivity (Wildman–Crippen MR) is 112 cm³/mol. The average molecular weight is 466 g/mol. The van der Waals surface area contributed by atoms with Crippen LogP contribution in [0, 0.1) is 6.92 Å². The quantitative estimate of drug-likeness (QED) is 0.639. The molecule has 0 atom stereocenters. The molecule has 5 nitrogen and oxygen atoms in total. The van der Waals surface area contributed by atoms with Crippen LogP contribution >= 0.6 is 39.3 Å². The Kier molecular flexibility index (Phi) is 6.04. The standard InChI is InChI=1S/C19H14BrClN2O3S/c1-11-2-7-14(9-15(11)21)22-17(24)10-23-18(25)16(27-19(23)26)8-12-3-5-13(20)6-4-12/h2-9H,10H2,1H3,(H,22,24)/b16-8+. The van der Waals surface area contributed by atoms with Gasteiger partial charge in [-0.25, -0.2) is 0 Å². The first-order valence-electron chi connectivity index (χ1n) is 7.90. The van der Waals surface area contributed by atoms with Crippen molar-refractivity contribution in [3.63, 3.8) is 0 Å².